The quantitative estimate of drug-likeness (QED) is 0.847. The van der Waals surface area contributed by atoms with Gasteiger partial charge < -0.3 is 0 Å². The van der Waals surface area contributed by atoms with Gasteiger partial charge in [-0.25, -0.2) is 8.42 Å². The Balaban J connectivity index is 1.92. The molecule has 0 spiro atoms. The summed E-state index contributed by atoms with van der Waals surface area (Å²) in [7, 11) is -3.11. The van der Waals surface area contributed by atoms with Crippen molar-refractivity contribution in [3.05, 3.63) is 35.4 Å². The van der Waals surface area contributed by atoms with Crippen LogP contribution >= 0.6 is 0 Å². The van der Waals surface area contributed by atoms with Crippen LogP contribution in [0.15, 0.2) is 24.3 Å². The highest BCUT2D eigenvalue weighted by molar-refractivity contribution is 7.89. The van der Waals surface area contributed by atoms with Gasteiger partial charge in [-0.2, -0.15) is 4.31 Å². The molecule has 1 aliphatic heterocycles. The topological polar surface area (TPSA) is 40.6 Å². The van der Waals surface area contributed by atoms with E-state index >= 15 is 0 Å². The Morgan fingerprint density at radius 2 is 1.52 bits per heavy atom. The Kier molecular flexibility index (Phi) is 5.54. The van der Waals surface area contributed by atoms with Gasteiger partial charge in [-0.3, -0.25) is 4.90 Å². The molecule has 0 aromatic heterocycles. The van der Waals surface area contributed by atoms with Crippen molar-refractivity contribution in [1.82, 2.24) is 9.21 Å². The van der Waals surface area contributed by atoms with Crippen LogP contribution in [0.25, 0.3) is 0 Å². The first kappa shape index (κ1) is 18.4. The Morgan fingerprint density at radius 3 is 1.96 bits per heavy atom. The maximum atomic E-state index is 12.2. The highest BCUT2D eigenvalue weighted by atomic mass is 32.2. The smallest absolute Gasteiger partial charge is 0.216 e. The molecule has 0 unspecified atom stereocenters. The summed E-state index contributed by atoms with van der Waals surface area (Å²) >= 11 is 0. The van der Waals surface area contributed by atoms with Crippen molar-refractivity contribution in [2.24, 2.45) is 0 Å². The molecule has 0 amide bonds. The summed E-state index contributed by atoms with van der Waals surface area (Å²) in [5.41, 5.74) is 2.81. The molecule has 5 heteroatoms. The number of rotatable bonds is 4. The maximum absolute atomic E-state index is 12.2. The molecule has 0 bridgehead atoms. The summed E-state index contributed by atoms with van der Waals surface area (Å²) in [6, 6.07) is 8.79. The summed E-state index contributed by atoms with van der Waals surface area (Å²) in [6.45, 7) is 13.8. The fourth-order valence-corrected chi connectivity index (χ4v) is 4.08. The molecular formula is C18H30N2O2S. The number of benzene rings is 1. The van der Waals surface area contributed by atoms with Crippen LogP contribution in [0.1, 0.15) is 45.7 Å². The molecule has 1 heterocycles. The normalized spacial score (nSPS) is 18.5. The van der Waals surface area contributed by atoms with Crippen molar-refractivity contribution in [2.75, 3.05) is 26.2 Å². The second kappa shape index (κ2) is 6.91. The van der Waals surface area contributed by atoms with Crippen molar-refractivity contribution in [2.45, 2.75) is 51.8 Å². The Hall–Kier alpha value is -0.910. The highest BCUT2D eigenvalue weighted by Gasteiger charge is 2.29. The van der Waals surface area contributed by atoms with Crippen LogP contribution in [0, 0.1) is 0 Å². The van der Waals surface area contributed by atoms with Gasteiger partial charge >= 0.3 is 0 Å². The van der Waals surface area contributed by atoms with Crippen molar-refractivity contribution in [3.8, 4) is 0 Å². The zero-order chi connectivity index (χ0) is 17.3. The van der Waals surface area contributed by atoms with Gasteiger partial charge in [-0.1, -0.05) is 45.0 Å². The van der Waals surface area contributed by atoms with Crippen LogP contribution in [0.4, 0.5) is 0 Å². The molecule has 2 rings (SSSR count). The molecule has 23 heavy (non-hydrogen) atoms. The molecule has 0 saturated carbocycles. The molecule has 1 fully saturated rings. The largest absolute Gasteiger partial charge is 0.296 e. The Bertz CT molecular complexity index is 607. The molecule has 1 aliphatic rings. The summed E-state index contributed by atoms with van der Waals surface area (Å²) in [6.07, 6.45) is 0. The van der Waals surface area contributed by atoms with Gasteiger partial charge in [0.15, 0.2) is 0 Å². The molecule has 1 aromatic carbocycles. The third-order valence-electron chi connectivity index (χ3n) is 4.51. The molecule has 0 aliphatic carbocycles. The second-order valence-electron chi connectivity index (χ2n) is 7.72. The van der Waals surface area contributed by atoms with Crippen LogP contribution in [0.2, 0.25) is 0 Å². The lowest BCUT2D eigenvalue weighted by Crippen LogP contribution is -2.49. The fraction of sp³-hybridized carbons (Fsp3) is 0.667. The van der Waals surface area contributed by atoms with E-state index in [0.29, 0.717) is 13.1 Å². The third-order valence-corrected chi connectivity index (χ3v) is 6.79. The Morgan fingerprint density at radius 1 is 1.00 bits per heavy atom. The maximum Gasteiger partial charge on any atom is 0.216 e. The van der Waals surface area contributed by atoms with E-state index in [0.717, 1.165) is 19.6 Å². The standard InChI is InChI=1S/C18H30N2O2S/c1-15(2)23(21,22)20-12-10-19(11-13-20)14-16-6-8-17(9-7-16)18(3,4)5/h6-9,15H,10-14H2,1-5H3. The lowest BCUT2D eigenvalue weighted by molar-refractivity contribution is 0.181. The first-order chi connectivity index (χ1) is 10.6. The molecule has 130 valence electrons. The minimum absolute atomic E-state index is 0.176. The van der Waals surface area contributed by atoms with Crippen LogP contribution in [-0.2, 0) is 22.0 Å². The van der Waals surface area contributed by atoms with Crippen LogP contribution in [0.5, 0.6) is 0 Å². The van der Waals surface area contributed by atoms with E-state index in [-0.39, 0.29) is 10.7 Å². The van der Waals surface area contributed by atoms with Crippen LogP contribution in [-0.4, -0.2) is 49.1 Å². The molecule has 0 atom stereocenters. The average molecular weight is 339 g/mol. The second-order valence-corrected chi connectivity index (χ2v) is 10.2. The minimum atomic E-state index is -3.11. The van der Waals surface area contributed by atoms with E-state index < -0.39 is 10.0 Å². The molecule has 1 saturated heterocycles. The van der Waals surface area contributed by atoms with E-state index in [1.807, 2.05) is 0 Å². The van der Waals surface area contributed by atoms with Gasteiger partial charge in [0.2, 0.25) is 10.0 Å². The first-order valence-corrected chi connectivity index (χ1v) is 9.92. The number of piperazine rings is 1. The molecule has 0 radical (unpaired) electrons. The highest BCUT2D eigenvalue weighted by Crippen LogP contribution is 2.23. The van der Waals surface area contributed by atoms with Crippen molar-refractivity contribution < 1.29 is 8.42 Å². The third kappa shape index (κ3) is 4.55. The molecular weight excluding hydrogens is 308 g/mol. The predicted octanol–water partition coefficient (Wildman–Crippen LogP) is 2.84. The zero-order valence-electron chi connectivity index (χ0n) is 15.0. The van der Waals surface area contributed by atoms with E-state index in [4.69, 9.17) is 0 Å². The van der Waals surface area contributed by atoms with Crippen LogP contribution < -0.4 is 0 Å². The summed E-state index contributed by atoms with van der Waals surface area (Å²) < 4.78 is 26.0. The first-order valence-electron chi connectivity index (χ1n) is 8.41. The van der Waals surface area contributed by atoms with Crippen molar-refractivity contribution >= 4 is 10.0 Å². The predicted molar refractivity (Wildman–Crippen MR) is 96.0 cm³/mol. The van der Waals surface area contributed by atoms with E-state index in [2.05, 4.69) is 49.9 Å². The number of nitrogens with zero attached hydrogens (tertiary/aromatic N) is 2. The Labute approximate surface area is 141 Å². The number of hydrogen-bond donors (Lipinski definition) is 0. The van der Waals surface area contributed by atoms with Crippen LogP contribution in [0.3, 0.4) is 0 Å². The summed E-state index contributed by atoms with van der Waals surface area (Å²) in [5.74, 6) is 0. The molecule has 1 aromatic rings. The lowest BCUT2D eigenvalue weighted by atomic mass is 9.87. The van der Waals surface area contributed by atoms with Gasteiger partial charge in [0.05, 0.1) is 5.25 Å². The summed E-state index contributed by atoms with van der Waals surface area (Å²) in [5, 5.41) is -0.334. The molecule has 0 N–H and O–H groups in total. The van der Waals surface area contributed by atoms with Gasteiger partial charge in [-0.15, -0.1) is 0 Å². The van der Waals surface area contributed by atoms with Gasteiger partial charge in [0.25, 0.3) is 0 Å². The molecule has 4 nitrogen and oxygen atoms in total. The van der Waals surface area contributed by atoms with Gasteiger partial charge in [0.1, 0.15) is 0 Å². The lowest BCUT2D eigenvalue weighted by Gasteiger charge is -2.35. The number of sulfonamides is 1. The van der Waals surface area contributed by atoms with E-state index in [1.54, 1.807) is 18.2 Å². The van der Waals surface area contributed by atoms with E-state index in [1.165, 1.54) is 11.1 Å². The summed E-state index contributed by atoms with van der Waals surface area (Å²) in [4.78, 5) is 2.33. The fourth-order valence-electron chi connectivity index (χ4n) is 2.81. The number of hydrogen-bond acceptors (Lipinski definition) is 3. The average Bonchev–Trinajstić information content (AvgIpc) is 2.47. The zero-order valence-corrected chi connectivity index (χ0v) is 15.9. The van der Waals surface area contributed by atoms with Gasteiger partial charge in [-0.05, 0) is 30.4 Å². The van der Waals surface area contributed by atoms with Gasteiger partial charge in [0, 0.05) is 32.7 Å². The monoisotopic (exact) mass is 338 g/mol. The van der Waals surface area contributed by atoms with Crippen molar-refractivity contribution in [1.29, 1.82) is 0 Å². The van der Waals surface area contributed by atoms with E-state index in [9.17, 15) is 8.42 Å². The minimum Gasteiger partial charge on any atom is -0.296 e. The van der Waals surface area contributed by atoms with Crippen molar-refractivity contribution in [3.63, 3.8) is 0 Å². The SMILES string of the molecule is CC(C)S(=O)(=O)N1CCN(Cc2ccc(C(C)(C)C)cc2)CC1.